The van der Waals surface area contributed by atoms with Crippen LogP contribution in [0.15, 0.2) is 71.6 Å². The maximum absolute atomic E-state index is 13.0. The minimum atomic E-state index is -3.64. The summed E-state index contributed by atoms with van der Waals surface area (Å²) in [5, 5.41) is 8.96. The fourth-order valence-electron chi connectivity index (χ4n) is 2.85. The van der Waals surface area contributed by atoms with Crippen LogP contribution in [0.25, 0.3) is 11.1 Å². The summed E-state index contributed by atoms with van der Waals surface area (Å²) >= 11 is 0. The molecule has 0 aliphatic carbocycles. The van der Waals surface area contributed by atoms with Gasteiger partial charge in [-0.25, -0.2) is 8.42 Å². The zero-order chi connectivity index (χ0) is 19.6. The minimum absolute atomic E-state index is 0.260. The highest BCUT2D eigenvalue weighted by molar-refractivity contribution is 7.92. The lowest BCUT2D eigenvalue weighted by molar-refractivity contribution is 0.594. The van der Waals surface area contributed by atoms with Gasteiger partial charge in [-0.05, 0) is 66.9 Å². The minimum Gasteiger partial charge on any atom is -0.269 e. The molecule has 0 aliphatic heterocycles. The molecule has 0 saturated carbocycles. The predicted octanol–water partition coefficient (Wildman–Crippen LogP) is 4.67. The molecule has 136 valence electrons. The SMILES string of the molecule is Cc1ccc(S(=O)(=O)N(C)c2ccc(C)c(-c3ccc(C#N)cc3)c2)cc1. The van der Waals surface area contributed by atoms with Gasteiger partial charge in [-0.1, -0.05) is 35.9 Å². The monoisotopic (exact) mass is 376 g/mol. The van der Waals surface area contributed by atoms with E-state index >= 15 is 0 Å². The van der Waals surface area contributed by atoms with Gasteiger partial charge < -0.3 is 0 Å². The molecule has 0 fully saturated rings. The first-order valence-electron chi connectivity index (χ1n) is 8.50. The number of anilines is 1. The van der Waals surface area contributed by atoms with Gasteiger partial charge in [-0.15, -0.1) is 0 Å². The first kappa shape index (κ1) is 18.7. The molecule has 0 aromatic heterocycles. The standard InChI is InChI=1S/C22H20N2O2S/c1-16-4-12-21(13-5-16)27(25,26)24(3)20-11-6-17(2)22(14-20)19-9-7-18(15-23)8-10-19/h4-14H,1-3H3. The molecule has 0 saturated heterocycles. The van der Waals surface area contributed by atoms with Crippen LogP contribution in [0.5, 0.6) is 0 Å². The molecule has 0 amide bonds. The van der Waals surface area contributed by atoms with E-state index in [9.17, 15) is 8.42 Å². The van der Waals surface area contributed by atoms with Crippen LogP contribution in [0, 0.1) is 25.2 Å². The summed E-state index contributed by atoms with van der Waals surface area (Å²) in [5.74, 6) is 0. The Hall–Kier alpha value is -3.10. The molecule has 3 aromatic carbocycles. The van der Waals surface area contributed by atoms with E-state index in [-0.39, 0.29) is 4.90 Å². The Balaban J connectivity index is 2.02. The summed E-state index contributed by atoms with van der Waals surface area (Å²) < 4.78 is 27.2. The highest BCUT2D eigenvalue weighted by Crippen LogP contribution is 2.30. The molecule has 0 radical (unpaired) electrons. The van der Waals surface area contributed by atoms with Crippen molar-refractivity contribution in [2.75, 3.05) is 11.4 Å². The van der Waals surface area contributed by atoms with Gasteiger partial charge >= 0.3 is 0 Å². The number of rotatable bonds is 4. The fourth-order valence-corrected chi connectivity index (χ4v) is 4.04. The van der Waals surface area contributed by atoms with Crippen molar-refractivity contribution < 1.29 is 8.42 Å². The predicted molar refractivity (Wildman–Crippen MR) is 108 cm³/mol. The van der Waals surface area contributed by atoms with Crippen molar-refractivity contribution in [3.63, 3.8) is 0 Å². The summed E-state index contributed by atoms with van der Waals surface area (Å²) in [4.78, 5) is 0.260. The third-order valence-electron chi connectivity index (χ3n) is 4.59. The molecule has 0 aliphatic rings. The second kappa shape index (κ2) is 7.26. The smallest absolute Gasteiger partial charge is 0.264 e. The molecule has 0 N–H and O–H groups in total. The van der Waals surface area contributed by atoms with Crippen LogP contribution in [0.2, 0.25) is 0 Å². The Morgan fingerprint density at radius 3 is 2.11 bits per heavy atom. The molecule has 3 rings (SSSR count). The molecule has 27 heavy (non-hydrogen) atoms. The lowest BCUT2D eigenvalue weighted by atomic mass is 9.99. The second-order valence-corrected chi connectivity index (χ2v) is 8.44. The third-order valence-corrected chi connectivity index (χ3v) is 6.39. The van der Waals surface area contributed by atoms with E-state index in [2.05, 4.69) is 6.07 Å². The van der Waals surface area contributed by atoms with Gasteiger partial charge in [0, 0.05) is 7.05 Å². The highest BCUT2D eigenvalue weighted by atomic mass is 32.2. The van der Waals surface area contributed by atoms with Gasteiger partial charge in [-0.2, -0.15) is 5.26 Å². The number of nitrogens with zero attached hydrogens (tertiary/aromatic N) is 2. The molecule has 3 aromatic rings. The van der Waals surface area contributed by atoms with Gasteiger partial charge in [0.2, 0.25) is 0 Å². The van der Waals surface area contributed by atoms with Crippen LogP contribution in [0.3, 0.4) is 0 Å². The van der Waals surface area contributed by atoms with Crippen LogP contribution < -0.4 is 4.31 Å². The fraction of sp³-hybridized carbons (Fsp3) is 0.136. The number of sulfonamides is 1. The largest absolute Gasteiger partial charge is 0.269 e. The third kappa shape index (κ3) is 3.71. The number of benzene rings is 3. The number of aryl methyl sites for hydroxylation is 2. The van der Waals surface area contributed by atoms with Crippen LogP contribution in [0.1, 0.15) is 16.7 Å². The molecular weight excluding hydrogens is 356 g/mol. The Bertz CT molecular complexity index is 1110. The number of hydrogen-bond acceptors (Lipinski definition) is 3. The van der Waals surface area contributed by atoms with E-state index in [1.54, 1.807) is 49.5 Å². The number of hydrogen-bond donors (Lipinski definition) is 0. The summed E-state index contributed by atoms with van der Waals surface area (Å²) in [7, 11) is -2.08. The van der Waals surface area contributed by atoms with Gasteiger partial charge in [0.15, 0.2) is 0 Å². The average Bonchev–Trinajstić information content (AvgIpc) is 2.68. The van der Waals surface area contributed by atoms with Crippen LogP contribution in [-0.2, 0) is 10.0 Å². The highest BCUT2D eigenvalue weighted by Gasteiger charge is 2.21. The van der Waals surface area contributed by atoms with Crippen molar-refractivity contribution in [1.29, 1.82) is 5.26 Å². The van der Waals surface area contributed by atoms with Crippen molar-refractivity contribution in [3.05, 3.63) is 83.4 Å². The molecular formula is C22H20N2O2S. The normalized spacial score (nSPS) is 11.0. The van der Waals surface area contributed by atoms with Gasteiger partial charge in [0.25, 0.3) is 10.0 Å². The van der Waals surface area contributed by atoms with E-state index in [4.69, 9.17) is 5.26 Å². The molecule has 0 spiro atoms. The van der Waals surface area contributed by atoms with E-state index < -0.39 is 10.0 Å². The maximum atomic E-state index is 13.0. The van der Waals surface area contributed by atoms with Crippen LogP contribution in [-0.4, -0.2) is 15.5 Å². The van der Waals surface area contributed by atoms with E-state index in [0.29, 0.717) is 11.3 Å². The van der Waals surface area contributed by atoms with Gasteiger partial charge in [-0.3, -0.25) is 4.31 Å². The Kier molecular flexibility index (Phi) is 5.02. The Morgan fingerprint density at radius 2 is 1.52 bits per heavy atom. The van der Waals surface area contributed by atoms with Gasteiger partial charge in [0.05, 0.1) is 22.2 Å². The molecule has 0 unspecified atom stereocenters. The second-order valence-electron chi connectivity index (χ2n) is 6.47. The quantitative estimate of drug-likeness (QED) is 0.665. The summed E-state index contributed by atoms with van der Waals surface area (Å²) in [6.07, 6.45) is 0. The maximum Gasteiger partial charge on any atom is 0.264 e. The van der Waals surface area contributed by atoms with Crippen molar-refractivity contribution in [2.24, 2.45) is 0 Å². The summed E-state index contributed by atoms with van der Waals surface area (Å²) in [6, 6.07) is 21.8. The molecule has 5 heteroatoms. The molecule has 0 atom stereocenters. The first-order valence-corrected chi connectivity index (χ1v) is 9.94. The summed E-state index contributed by atoms with van der Waals surface area (Å²) in [5.41, 5.74) is 5.09. The lowest BCUT2D eigenvalue weighted by Crippen LogP contribution is -2.26. The first-order chi connectivity index (χ1) is 12.8. The van der Waals surface area contributed by atoms with Crippen molar-refractivity contribution in [2.45, 2.75) is 18.7 Å². The van der Waals surface area contributed by atoms with Crippen LogP contribution >= 0.6 is 0 Å². The molecule has 4 nitrogen and oxygen atoms in total. The topological polar surface area (TPSA) is 61.2 Å². The van der Waals surface area contributed by atoms with Crippen molar-refractivity contribution >= 4 is 15.7 Å². The molecule has 0 heterocycles. The zero-order valence-corrected chi connectivity index (χ0v) is 16.3. The zero-order valence-electron chi connectivity index (χ0n) is 15.5. The van der Waals surface area contributed by atoms with Crippen molar-refractivity contribution in [3.8, 4) is 17.2 Å². The summed E-state index contributed by atoms with van der Waals surface area (Å²) in [6.45, 7) is 3.90. The average molecular weight is 376 g/mol. The Morgan fingerprint density at radius 1 is 0.889 bits per heavy atom. The van der Waals surface area contributed by atoms with E-state index in [0.717, 1.165) is 22.3 Å². The van der Waals surface area contributed by atoms with Crippen LogP contribution in [0.4, 0.5) is 5.69 Å². The molecule has 0 bridgehead atoms. The lowest BCUT2D eigenvalue weighted by Gasteiger charge is -2.21. The Labute approximate surface area is 160 Å². The van der Waals surface area contributed by atoms with Crippen molar-refractivity contribution in [1.82, 2.24) is 0 Å². The van der Waals surface area contributed by atoms with E-state index in [1.165, 1.54) is 4.31 Å². The van der Waals surface area contributed by atoms with Gasteiger partial charge in [0.1, 0.15) is 0 Å². The van der Waals surface area contributed by atoms with E-state index in [1.807, 2.05) is 38.1 Å². The number of nitriles is 1.